The molecule has 0 aromatic carbocycles. The van der Waals surface area contributed by atoms with Gasteiger partial charge < -0.3 is 5.11 Å². The molecule has 0 saturated carbocycles. The summed E-state index contributed by atoms with van der Waals surface area (Å²) in [6.45, 7) is 0. The Bertz CT molecular complexity index is 174. The Morgan fingerprint density at radius 3 is 2.62 bits per heavy atom. The first-order valence-electron chi connectivity index (χ1n) is 1.95. The summed E-state index contributed by atoms with van der Waals surface area (Å²) >= 11 is 0. The lowest BCUT2D eigenvalue weighted by atomic mass is 10.6. The topological polar surface area (TPSA) is 46.0 Å². The normalized spacial score (nSPS) is 9.12. The summed E-state index contributed by atoms with van der Waals surface area (Å²) in [5, 5.41) is 8.42. The van der Waals surface area contributed by atoms with E-state index in [1.165, 1.54) is 0 Å². The number of nitrogens with zero attached hydrogens (tertiary/aromatic N) is 2. The fraction of sp³-hybridized carbons (Fsp3) is 0. The fourth-order valence-electron chi connectivity index (χ4n) is 0.324. The molecule has 0 aliphatic carbocycles. The second-order valence-corrected chi connectivity index (χ2v) is 1.20. The third-order valence-corrected chi connectivity index (χ3v) is 0.619. The SMILES string of the molecule is Oc1cc(F)ncn1. The Morgan fingerprint density at radius 1 is 1.50 bits per heavy atom. The molecule has 3 nitrogen and oxygen atoms in total. The predicted molar refractivity (Wildman–Crippen MR) is 23.7 cm³/mol. The minimum Gasteiger partial charge on any atom is -0.493 e. The van der Waals surface area contributed by atoms with E-state index in [1.54, 1.807) is 0 Å². The highest BCUT2D eigenvalue weighted by Gasteiger charge is 1.90. The van der Waals surface area contributed by atoms with E-state index in [0.29, 0.717) is 0 Å². The maximum atomic E-state index is 11.9. The number of halogens is 1. The quantitative estimate of drug-likeness (QED) is 0.494. The Kier molecular flexibility index (Phi) is 1.07. The van der Waals surface area contributed by atoms with E-state index < -0.39 is 5.95 Å². The average Bonchev–Trinajstić information content (AvgIpc) is 1.64. The molecule has 0 spiro atoms. The molecule has 0 bridgehead atoms. The summed E-state index contributed by atoms with van der Waals surface area (Å²) in [6.07, 6.45) is 0.949. The van der Waals surface area contributed by atoms with E-state index in [9.17, 15) is 4.39 Å². The van der Waals surface area contributed by atoms with E-state index in [4.69, 9.17) is 5.11 Å². The first-order chi connectivity index (χ1) is 3.79. The molecule has 0 radical (unpaired) electrons. The monoisotopic (exact) mass is 114 g/mol. The number of hydrogen-bond donors (Lipinski definition) is 1. The summed E-state index contributed by atoms with van der Waals surface area (Å²) in [4.78, 5) is 6.35. The second-order valence-electron chi connectivity index (χ2n) is 1.20. The molecule has 0 unspecified atom stereocenters. The lowest BCUT2D eigenvalue weighted by molar-refractivity contribution is 0.441. The van der Waals surface area contributed by atoms with Crippen molar-refractivity contribution in [1.29, 1.82) is 0 Å². The molecule has 1 N–H and O–H groups in total. The number of rotatable bonds is 0. The third kappa shape index (κ3) is 0.900. The third-order valence-electron chi connectivity index (χ3n) is 0.619. The van der Waals surface area contributed by atoms with Crippen LogP contribution >= 0.6 is 0 Å². The zero-order valence-electron chi connectivity index (χ0n) is 3.87. The van der Waals surface area contributed by atoms with Gasteiger partial charge in [0.15, 0.2) is 0 Å². The summed E-state index contributed by atoms with van der Waals surface area (Å²) in [7, 11) is 0. The zero-order valence-corrected chi connectivity index (χ0v) is 3.87. The van der Waals surface area contributed by atoms with Crippen LogP contribution in [-0.2, 0) is 0 Å². The van der Waals surface area contributed by atoms with E-state index in [2.05, 4.69) is 9.97 Å². The van der Waals surface area contributed by atoms with E-state index in [0.717, 1.165) is 12.4 Å². The van der Waals surface area contributed by atoms with E-state index >= 15 is 0 Å². The molecule has 1 rings (SSSR count). The molecule has 4 heteroatoms. The number of aromatic nitrogens is 2. The number of hydrogen-bond acceptors (Lipinski definition) is 3. The van der Waals surface area contributed by atoms with Gasteiger partial charge in [0.05, 0.1) is 6.07 Å². The second kappa shape index (κ2) is 1.73. The summed E-state index contributed by atoms with van der Waals surface area (Å²) < 4.78 is 11.9. The zero-order chi connectivity index (χ0) is 5.98. The van der Waals surface area contributed by atoms with Crippen LogP contribution in [0.3, 0.4) is 0 Å². The van der Waals surface area contributed by atoms with Crippen molar-refractivity contribution in [2.24, 2.45) is 0 Å². The minimum absolute atomic E-state index is 0.350. The van der Waals surface area contributed by atoms with Crippen LogP contribution in [0.25, 0.3) is 0 Å². The van der Waals surface area contributed by atoms with Gasteiger partial charge in [0.1, 0.15) is 6.33 Å². The Labute approximate surface area is 44.8 Å². The van der Waals surface area contributed by atoms with Crippen LogP contribution in [0.4, 0.5) is 4.39 Å². The van der Waals surface area contributed by atoms with E-state index in [-0.39, 0.29) is 5.88 Å². The molecular weight excluding hydrogens is 111 g/mol. The van der Waals surface area contributed by atoms with Gasteiger partial charge in [0, 0.05) is 0 Å². The lowest BCUT2D eigenvalue weighted by Crippen LogP contribution is -1.81. The van der Waals surface area contributed by atoms with Gasteiger partial charge in [-0.1, -0.05) is 0 Å². The maximum absolute atomic E-state index is 11.9. The van der Waals surface area contributed by atoms with Gasteiger partial charge in [-0.15, -0.1) is 0 Å². The molecule has 0 fully saturated rings. The van der Waals surface area contributed by atoms with Crippen molar-refractivity contribution >= 4 is 0 Å². The molecular formula is C4H3FN2O. The molecule has 42 valence electrons. The summed E-state index contributed by atoms with van der Waals surface area (Å²) in [5.41, 5.74) is 0. The van der Waals surface area contributed by atoms with Gasteiger partial charge >= 0.3 is 0 Å². The highest BCUT2D eigenvalue weighted by molar-refractivity contribution is 5.02. The van der Waals surface area contributed by atoms with Gasteiger partial charge in [0.25, 0.3) is 0 Å². The standard InChI is InChI=1S/C4H3FN2O/c5-3-1-4(8)7-2-6-3/h1-2H,(H,6,7,8). The van der Waals surface area contributed by atoms with Crippen LogP contribution in [0.5, 0.6) is 5.88 Å². The van der Waals surface area contributed by atoms with Crippen molar-refractivity contribution in [3.05, 3.63) is 18.3 Å². The van der Waals surface area contributed by atoms with Crippen LogP contribution in [0.2, 0.25) is 0 Å². The smallest absolute Gasteiger partial charge is 0.219 e. The molecule has 1 aromatic rings. The number of aromatic hydroxyl groups is 1. The Balaban J connectivity index is 3.08. The van der Waals surface area contributed by atoms with Crippen molar-refractivity contribution in [2.45, 2.75) is 0 Å². The van der Waals surface area contributed by atoms with Crippen LogP contribution in [0.1, 0.15) is 0 Å². The van der Waals surface area contributed by atoms with Crippen LogP contribution in [-0.4, -0.2) is 15.1 Å². The molecule has 1 heterocycles. The van der Waals surface area contributed by atoms with Gasteiger partial charge in [-0.05, 0) is 0 Å². The molecule has 0 aliphatic heterocycles. The van der Waals surface area contributed by atoms with Crippen molar-refractivity contribution in [3.8, 4) is 5.88 Å². The van der Waals surface area contributed by atoms with Gasteiger partial charge in [-0.2, -0.15) is 4.39 Å². The first-order valence-corrected chi connectivity index (χ1v) is 1.95. The van der Waals surface area contributed by atoms with Crippen LogP contribution in [0, 0.1) is 5.95 Å². The van der Waals surface area contributed by atoms with Gasteiger partial charge in [0.2, 0.25) is 11.8 Å². The molecule has 8 heavy (non-hydrogen) atoms. The average molecular weight is 114 g/mol. The Hall–Kier alpha value is -1.19. The predicted octanol–water partition coefficient (Wildman–Crippen LogP) is 0.321. The minimum atomic E-state index is -0.725. The van der Waals surface area contributed by atoms with Gasteiger partial charge in [-0.25, -0.2) is 9.97 Å². The first kappa shape index (κ1) is 4.96. The largest absolute Gasteiger partial charge is 0.493 e. The highest BCUT2D eigenvalue weighted by Crippen LogP contribution is 1.99. The molecule has 0 aliphatic rings. The maximum Gasteiger partial charge on any atom is 0.219 e. The summed E-state index contributed by atoms with van der Waals surface area (Å²) in [6, 6.07) is 0.833. The Morgan fingerprint density at radius 2 is 2.25 bits per heavy atom. The summed E-state index contributed by atoms with van der Waals surface area (Å²) in [5.74, 6) is -1.07. The van der Waals surface area contributed by atoms with Crippen molar-refractivity contribution < 1.29 is 9.50 Å². The molecule has 1 aromatic heterocycles. The lowest BCUT2D eigenvalue weighted by Gasteiger charge is -1.85. The van der Waals surface area contributed by atoms with Crippen molar-refractivity contribution in [1.82, 2.24) is 9.97 Å². The van der Waals surface area contributed by atoms with Crippen LogP contribution < -0.4 is 0 Å². The van der Waals surface area contributed by atoms with Crippen LogP contribution in [0.15, 0.2) is 12.4 Å². The van der Waals surface area contributed by atoms with Crippen molar-refractivity contribution in [3.63, 3.8) is 0 Å². The fourth-order valence-corrected chi connectivity index (χ4v) is 0.324. The van der Waals surface area contributed by atoms with E-state index in [1.807, 2.05) is 0 Å². The highest BCUT2D eigenvalue weighted by atomic mass is 19.1. The van der Waals surface area contributed by atoms with Crippen molar-refractivity contribution in [2.75, 3.05) is 0 Å². The molecule has 0 atom stereocenters. The molecule has 0 amide bonds. The van der Waals surface area contributed by atoms with Gasteiger partial charge in [-0.3, -0.25) is 0 Å². The molecule has 0 saturated heterocycles.